The van der Waals surface area contributed by atoms with Gasteiger partial charge in [-0.15, -0.1) is 0 Å². The van der Waals surface area contributed by atoms with Crippen molar-refractivity contribution in [1.82, 2.24) is 20.3 Å². The summed E-state index contributed by atoms with van der Waals surface area (Å²) in [7, 11) is 0. The number of piperazine rings is 1. The number of hydrogen-bond donors (Lipinski definition) is 2. The molecule has 3 aliphatic rings. The number of fused-ring (bicyclic) bond motifs is 3. The number of aromatic nitrogens is 3. The molecule has 0 spiro atoms. The minimum Gasteiger partial charge on any atom is -0.441 e. The van der Waals surface area contributed by atoms with Crippen molar-refractivity contribution in [2.45, 2.75) is 50.6 Å². The normalized spacial score (nSPS) is 25.1. The van der Waals surface area contributed by atoms with Crippen LogP contribution < -0.4 is 15.5 Å². The van der Waals surface area contributed by atoms with Crippen molar-refractivity contribution in [2.24, 2.45) is 0 Å². The predicted molar refractivity (Wildman–Crippen MR) is 106 cm³/mol. The first-order valence-corrected chi connectivity index (χ1v) is 10.3. The van der Waals surface area contributed by atoms with E-state index in [-0.39, 0.29) is 29.3 Å². The second kappa shape index (κ2) is 7.33. The van der Waals surface area contributed by atoms with Crippen LogP contribution in [0.1, 0.15) is 43.4 Å². The van der Waals surface area contributed by atoms with E-state index in [1.165, 1.54) is 6.33 Å². The zero-order valence-electron chi connectivity index (χ0n) is 16.7. The van der Waals surface area contributed by atoms with Gasteiger partial charge in [0.2, 0.25) is 0 Å². The molecule has 2 aromatic rings. The maximum absolute atomic E-state index is 13.8. The summed E-state index contributed by atoms with van der Waals surface area (Å²) in [6.07, 6.45) is -2.41. The zero-order valence-corrected chi connectivity index (χ0v) is 16.7. The Morgan fingerprint density at radius 1 is 1.19 bits per heavy atom. The Hall–Kier alpha value is -2.95. The van der Waals surface area contributed by atoms with Gasteiger partial charge in [-0.05, 0) is 31.4 Å². The lowest BCUT2D eigenvalue weighted by Crippen LogP contribution is -2.52. The van der Waals surface area contributed by atoms with E-state index in [1.54, 1.807) is 0 Å². The molecule has 5 heterocycles. The van der Waals surface area contributed by atoms with E-state index in [4.69, 9.17) is 4.74 Å². The average Bonchev–Trinajstić information content (AvgIpc) is 3.00. The Balaban J connectivity index is 1.67. The molecule has 164 valence electrons. The number of ether oxygens (including phenoxy) is 1. The molecular formula is C20H21F3N6O2. The number of amides is 1. The largest absolute Gasteiger partial charge is 0.441 e. The minimum atomic E-state index is -4.54. The molecule has 0 radical (unpaired) electrons. The molecule has 0 aliphatic carbocycles. The Kier molecular flexibility index (Phi) is 4.72. The van der Waals surface area contributed by atoms with E-state index >= 15 is 0 Å². The highest BCUT2D eigenvalue weighted by Crippen LogP contribution is 2.41. The van der Waals surface area contributed by atoms with Gasteiger partial charge < -0.3 is 15.0 Å². The molecule has 5 rings (SSSR count). The van der Waals surface area contributed by atoms with Crippen molar-refractivity contribution >= 4 is 17.7 Å². The van der Waals surface area contributed by atoms with E-state index in [9.17, 15) is 18.0 Å². The highest BCUT2D eigenvalue weighted by atomic mass is 19.4. The topological polar surface area (TPSA) is 92.3 Å². The molecule has 3 atom stereocenters. The smallest absolute Gasteiger partial charge is 0.416 e. The molecule has 1 amide bonds. The summed E-state index contributed by atoms with van der Waals surface area (Å²) in [4.78, 5) is 26.7. The first-order chi connectivity index (χ1) is 14.8. The standard InChI is InChI=1S/C20H21F3N6O2/c1-2-14-16-17(25-9-26-18(16)28-19(30)31-14)13-5-10(20(21,22)23)6-15(27-13)29-11-3-4-12(29)8-24-7-11/h5-6,9,11-12,14,24H,2-4,7-8H2,1H3,(H,25,26,28,30). The molecule has 2 saturated heterocycles. The fourth-order valence-electron chi connectivity index (χ4n) is 4.69. The summed E-state index contributed by atoms with van der Waals surface area (Å²) in [6, 6.07) is 2.32. The van der Waals surface area contributed by atoms with Crippen LogP contribution in [0.2, 0.25) is 0 Å². The quantitative estimate of drug-likeness (QED) is 0.764. The first-order valence-electron chi connectivity index (χ1n) is 10.3. The van der Waals surface area contributed by atoms with Gasteiger partial charge in [-0.2, -0.15) is 13.2 Å². The van der Waals surface area contributed by atoms with Crippen molar-refractivity contribution in [3.8, 4) is 11.4 Å². The van der Waals surface area contributed by atoms with Crippen LogP contribution in [0, 0.1) is 0 Å². The van der Waals surface area contributed by atoms with Crippen LogP contribution >= 0.6 is 0 Å². The average molecular weight is 434 g/mol. The molecular weight excluding hydrogens is 413 g/mol. The lowest BCUT2D eigenvalue weighted by atomic mass is 10.0. The maximum Gasteiger partial charge on any atom is 0.416 e. The van der Waals surface area contributed by atoms with Gasteiger partial charge in [0.1, 0.15) is 29.8 Å². The van der Waals surface area contributed by atoms with Crippen LogP contribution in [-0.2, 0) is 10.9 Å². The molecule has 3 unspecified atom stereocenters. The number of pyridine rings is 1. The van der Waals surface area contributed by atoms with Crippen molar-refractivity contribution < 1.29 is 22.7 Å². The summed E-state index contributed by atoms with van der Waals surface area (Å²) in [5.74, 6) is 0.524. The third-order valence-electron chi connectivity index (χ3n) is 6.07. The van der Waals surface area contributed by atoms with Crippen LogP contribution in [0.4, 0.5) is 29.6 Å². The number of nitrogens with zero attached hydrogens (tertiary/aromatic N) is 4. The Morgan fingerprint density at radius 3 is 2.61 bits per heavy atom. The number of hydrogen-bond acceptors (Lipinski definition) is 7. The Morgan fingerprint density at radius 2 is 1.94 bits per heavy atom. The van der Waals surface area contributed by atoms with Crippen molar-refractivity contribution in [3.05, 3.63) is 29.6 Å². The van der Waals surface area contributed by atoms with Crippen molar-refractivity contribution in [2.75, 3.05) is 23.3 Å². The summed E-state index contributed by atoms with van der Waals surface area (Å²) >= 11 is 0. The SMILES string of the molecule is CCC1OC(=O)Nc2ncnc(-c3cc(C(F)(F)F)cc(N4C5CCC4CNC5)n3)c21. The molecule has 0 saturated carbocycles. The predicted octanol–water partition coefficient (Wildman–Crippen LogP) is 3.51. The lowest BCUT2D eigenvalue weighted by molar-refractivity contribution is -0.137. The number of rotatable bonds is 3. The third kappa shape index (κ3) is 3.46. The van der Waals surface area contributed by atoms with Crippen LogP contribution in [0.15, 0.2) is 18.5 Å². The zero-order chi connectivity index (χ0) is 21.8. The molecule has 2 aromatic heterocycles. The van der Waals surface area contributed by atoms with E-state index in [1.807, 2.05) is 11.8 Å². The second-order valence-corrected chi connectivity index (χ2v) is 7.96. The van der Waals surface area contributed by atoms with Crippen LogP contribution in [-0.4, -0.2) is 46.2 Å². The van der Waals surface area contributed by atoms with Crippen molar-refractivity contribution in [1.29, 1.82) is 0 Å². The molecule has 8 nitrogen and oxygen atoms in total. The molecule has 3 aliphatic heterocycles. The number of carbonyl (C=O) groups is 1. The maximum atomic E-state index is 13.8. The van der Waals surface area contributed by atoms with Gasteiger partial charge in [0.05, 0.1) is 16.8 Å². The number of alkyl halides is 3. The monoisotopic (exact) mass is 434 g/mol. The summed E-state index contributed by atoms with van der Waals surface area (Å²) in [6.45, 7) is 3.24. The fourth-order valence-corrected chi connectivity index (χ4v) is 4.69. The van der Waals surface area contributed by atoms with Gasteiger partial charge in [0, 0.05) is 25.2 Å². The highest BCUT2D eigenvalue weighted by molar-refractivity contribution is 5.88. The summed E-state index contributed by atoms with van der Waals surface area (Å²) in [5.41, 5.74) is -0.0384. The summed E-state index contributed by atoms with van der Waals surface area (Å²) in [5, 5.41) is 5.83. The van der Waals surface area contributed by atoms with Crippen LogP contribution in [0.3, 0.4) is 0 Å². The minimum absolute atomic E-state index is 0.0830. The second-order valence-electron chi connectivity index (χ2n) is 7.96. The number of anilines is 2. The van der Waals surface area contributed by atoms with Gasteiger partial charge in [0.15, 0.2) is 0 Å². The number of cyclic esters (lactones) is 1. The van der Waals surface area contributed by atoms with E-state index < -0.39 is 23.9 Å². The Bertz CT molecular complexity index is 1010. The van der Waals surface area contributed by atoms with Crippen molar-refractivity contribution in [3.63, 3.8) is 0 Å². The van der Waals surface area contributed by atoms with Gasteiger partial charge in [0.25, 0.3) is 0 Å². The van der Waals surface area contributed by atoms with Gasteiger partial charge in [-0.1, -0.05) is 6.92 Å². The summed E-state index contributed by atoms with van der Waals surface area (Å²) < 4.78 is 46.7. The van der Waals surface area contributed by atoms with Gasteiger partial charge in [-0.3, -0.25) is 5.32 Å². The molecule has 2 fully saturated rings. The molecule has 2 N–H and O–H groups in total. The lowest BCUT2D eigenvalue weighted by Gasteiger charge is -2.36. The van der Waals surface area contributed by atoms with Crippen LogP contribution in [0.5, 0.6) is 0 Å². The first kappa shape index (κ1) is 20.0. The Labute approximate surface area is 176 Å². The molecule has 11 heteroatoms. The van der Waals surface area contributed by atoms with E-state index in [0.29, 0.717) is 30.9 Å². The van der Waals surface area contributed by atoms with E-state index in [2.05, 4.69) is 25.6 Å². The number of nitrogens with one attached hydrogen (secondary N) is 2. The fraction of sp³-hybridized carbons (Fsp3) is 0.500. The van der Waals surface area contributed by atoms with Gasteiger partial charge in [-0.25, -0.2) is 19.7 Å². The number of halogens is 3. The number of carbonyl (C=O) groups excluding carboxylic acids is 1. The van der Waals surface area contributed by atoms with E-state index in [0.717, 1.165) is 25.0 Å². The highest BCUT2D eigenvalue weighted by Gasteiger charge is 2.40. The molecule has 2 bridgehead atoms. The third-order valence-corrected chi connectivity index (χ3v) is 6.07. The molecule has 31 heavy (non-hydrogen) atoms. The molecule has 0 aromatic carbocycles. The van der Waals surface area contributed by atoms with Gasteiger partial charge >= 0.3 is 12.3 Å². The van der Waals surface area contributed by atoms with Crippen LogP contribution in [0.25, 0.3) is 11.4 Å².